The predicted molar refractivity (Wildman–Crippen MR) is 95.9 cm³/mol. The predicted octanol–water partition coefficient (Wildman–Crippen LogP) is 2.22. The van der Waals surface area contributed by atoms with Crippen LogP contribution in [0.1, 0.15) is 17.8 Å². The maximum Gasteiger partial charge on any atom is 0.243 e. The zero-order valence-corrected chi connectivity index (χ0v) is 14.1. The van der Waals surface area contributed by atoms with E-state index in [2.05, 4.69) is 15.5 Å². The van der Waals surface area contributed by atoms with Crippen LogP contribution in [0.3, 0.4) is 0 Å². The van der Waals surface area contributed by atoms with Gasteiger partial charge in [0.2, 0.25) is 12.7 Å². The Morgan fingerprint density at radius 2 is 2.12 bits per heavy atom. The summed E-state index contributed by atoms with van der Waals surface area (Å²) in [5.74, 6) is 2.19. The van der Waals surface area contributed by atoms with Crippen LogP contribution in [-0.2, 0) is 11.2 Å². The van der Waals surface area contributed by atoms with Gasteiger partial charge in [-0.05, 0) is 42.3 Å². The Bertz CT molecular complexity index is 964. The molecular formula is C19H18N4O3. The van der Waals surface area contributed by atoms with Crippen LogP contribution in [0.5, 0.6) is 11.5 Å². The molecule has 26 heavy (non-hydrogen) atoms. The minimum absolute atomic E-state index is 0.131. The highest BCUT2D eigenvalue weighted by Crippen LogP contribution is 2.32. The molecule has 7 heteroatoms. The highest BCUT2D eigenvalue weighted by molar-refractivity contribution is 5.91. The van der Waals surface area contributed by atoms with E-state index in [9.17, 15) is 4.79 Å². The number of hydrogen-bond acceptors (Lipinski definition) is 5. The molecule has 7 nitrogen and oxygen atoms in total. The number of amides is 1. The lowest BCUT2D eigenvalue weighted by Gasteiger charge is -2.02. The second kappa shape index (κ2) is 7.26. The molecule has 4 rings (SSSR count). The molecule has 0 fully saturated rings. The van der Waals surface area contributed by atoms with Crippen LogP contribution in [0.2, 0.25) is 0 Å². The van der Waals surface area contributed by atoms with Gasteiger partial charge in [0.15, 0.2) is 17.1 Å². The van der Waals surface area contributed by atoms with Gasteiger partial charge in [-0.3, -0.25) is 9.20 Å². The first-order valence-electron chi connectivity index (χ1n) is 8.44. The normalized spacial score (nSPS) is 12.8. The third-order valence-electron chi connectivity index (χ3n) is 4.08. The molecule has 1 aliphatic rings. The van der Waals surface area contributed by atoms with Crippen LogP contribution in [0, 0.1) is 0 Å². The third-order valence-corrected chi connectivity index (χ3v) is 4.08. The number of fused-ring (bicyclic) bond motifs is 2. The van der Waals surface area contributed by atoms with Crippen molar-refractivity contribution in [3.05, 3.63) is 60.1 Å². The van der Waals surface area contributed by atoms with Crippen molar-refractivity contribution in [2.75, 3.05) is 13.3 Å². The molecule has 3 heterocycles. The number of nitrogens with zero attached hydrogens (tertiary/aromatic N) is 3. The van der Waals surface area contributed by atoms with Crippen molar-refractivity contribution in [1.29, 1.82) is 0 Å². The van der Waals surface area contributed by atoms with Gasteiger partial charge >= 0.3 is 0 Å². The number of nitrogens with one attached hydrogen (secondary N) is 1. The molecule has 0 spiro atoms. The largest absolute Gasteiger partial charge is 0.454 e. The molecule has 1 amide bonds. The molecule has 3 aromatic rings. The SMILES string of the molecule is O=C(/C=C/c1ccc2c(c1)OCO2)NCCCc1nnc2ccccn12. The van der Waals surface area contributed by atoms with Crippen LogP contribution in [0.4, 0.5) is 0 Å². The van der Waals surface area contributed by atoms with Crippen LogP contribution in [-0.4, -0.2) is 33.8 Å². The monoisotopic (exact) mass is 350 g/mol. The van der Waals surface area contributed by atoms with Crippen LogP contribution < -0.4 is 14.8 Å². The van der Waals surface area contributed by atoms with Gasteiger partial charge in [0.05, 0.1) is 0 Å². The topological polar surface area (TPSA) is 77.8 Å². The van der Waals surface area contributed by atoms with E-state index in [1.807, 2.05) is 47.0 Å². The van der Waals surface area contributed by atoms with Crippen LogP contribution in [0.25, 0.3) is 11.7 Å². The number of aryl methyl sites for hydroxylation is 1. The van der Waals surface area contributed by atoms with Crippen molar-refractivity contribution < 1.29 is 14.3 Å². The second-order valence-corrected chi connectivity index (χ2v) is 5.89. The van der Waals surface area contributed by atoms with Crippen molar-refractivity contribution in [3.8, 4) is 11.5 Å². The van der Waals surface area contributed by atoms with Gasteiger partial charge in [0.1, 0.15) is 5.82 Å². The molecular weight excluding hydrogens is 332 g/mol. The maximum absolute atomic E-state index is 11.9. The van der Waals surface area contributed by atoms with E-state index in [0.29, 0.717) is 12.3 Å². The smallest absolute Gasteiger partial charge is 0.243 e. The summed E-state index contributed by atoms with van der Waals surface area (Å²) >= 11 is 0. The van der Waals surface area contributed by atoms with Crippen molar-refractivity contribution in [1.82, 2.24) is 19.9 Å². The van der Waals surface area contributed by atoms with E-state index < -0.39 is 0 Å². The van der Waals surface area contributed by atoms with Gasteiger partial charge in [0.25, 0.3) is 0 Å². The molecule has 0 saturated carbocycles. The summed E-state index contributed by atoms with van der Waals surface area (Å²) in [6.07, 6.45) is 6.75. The Kier molecular flexibility index (Phi) is 4.51. The molecule has 0 bridgehead atoms. The first-order chi connectivity index (χ1) is 12.8. The lowest BCUT2D eigenvalue weighted by atomic mass is 10.2. The number of pyridine rings is 1. The van der Waals surface area contributed by atoms with E-state index in [-0.39, 0.29) is 12.7 Å². The Balaban J connectivity index is 1.25. The van der Waals surface area contributed by atoms with Gasteiger partial charge in [0, 0.05) is 25.2 Å². The second-order valence-electron chi connectivity index (χ2n) is 5.89. The first kappa shape index (κ1) is 16.1. The Labute approximate surface area is 150 Å². The zero-order chi connectivity index (χ0) is 17.8. The minimum Gasteiger partial charge on any atom is -0.454 e. The van der Waals surface area contributed by atoms with Crippen LogP contribution in [0.15, 0.2) is 48.7 Å². The summed E-state index contributed by atoms with van der Waals surface area (Å²) < 4.78 is 12.5. The van der Waals surface area contributed by atoms with Crippen LogP contribution >= 0.6 is 0 Å². The molecule has 1 aliphatic heterocycles. The minimum atomic E-state index is -0.131. The summed E-state index contributed by atoms with van der Waals surface area (Å²) in [7, 11) is 0. The summed E-state index contributed by atoms with van der Waals surface area (Å²) in [6, 6.07) is 11.4. The van der Waals surface area contributed by atoms with Crippen molar-refractivity contribution in [3.63, 3.8) is 0 Å². The number of rotatable bonds is 6. The fraction of sp³-hybridized carbons (Fsp3) is 0.211. The molecule has 0 unspecified atom stereocenters. The zero-order valence-electron chi connectivity index (χ0n) is 14.1. The van der Waals surface area contributed by atoms with E-state index in [1.54, 1.807) is 6.08 Å². The Morgan fingerprint density at radius 1 is 1.19 bits per heavy atom. The van der Waals surface area contributed by atoms with E-state index in [4.69, 9.17) is 9.47 Å². The maximum atomic E-state index is 11.9. The lowest BCUT2D eigenvalue weighted by molar-refractivity contribution is -0.116. The quantitative estimate of drug-likeness (QED) is 0.545. The van der Waals surface area contributed by atoms with Gasteiger partial charge in [-0.15, -0.1) is 10.2 Å². The summed E-state index contributed by atoms with van der Waals surface area (Å²) in [4.78, 5) is 11.9. The fourth-order valence-electron chi connectivity index (χ4n) is 2.77. The van der Waals surface area contributed by atoms with Gasteiger partial charge in [-0.25, -0.2) is 0 Å². The molecule has 1 N–H and O–H groups in total. The van der Waals surface area contributed by atoms with E-state index >= 15 is 0 Å². The molecule has 0 saturated heterocycles. The number of benzene rings is 1. The number of aromatic nitrogens is 3. The molecule has 1 aromatic carbocycles. The van der Waals surface area contributed by atoms with E-state index in [1.165, 1.54) is 6.08 Å². The Hall–Kier alpha value is -3.35. The summed E-state index contributed by atoms with van der Waals surface area (Å²) in [5.41, 5.74) is 1.72. The summed E-state index contributed by atoms with van der Waals surface area (Å²) in [6.45, 7) is 0.816. The average Bonchev–Trinajstić information content (AvgIpc) is 3.30. The standard InChI is InChI=1S/C19H18N4O3/c24-19(9-7-14-6-8-15-16(12-14)26-13-25-15)20-10-3-5-18-22-21-17-4-1-2-11-23(17)18/h1-2,4,6-9,11-12H,3,5,10,13H2,(H,20,24)/b9-7+. The van der Waals surface area contributed by atoms with Gasteiger partial charge < -0.3 is 14.8 Å². The molecule has 0 aliphatic carbocycles. The molecule has 0 atom stereocenters. The van der Waals surface area contributed by atoms with Gasteiger partial charge in [-0.2, -0.15) is 0 Å². The Morgan fingerprint density at radius 3 is 3.08 bits per heavy atom. The average molecular weight is 350 g/mol. The van der Waals surface area contributed by atoms with E-state index in [0.717, 1.165) is 35.6 Å². The van der Waals surface area contributed by atoms with Gasteiger partial charge in [-0.1, -0.05) is 12.1 Å². The summed E-state index contributed by atoms with van der Waals surface area (Å²) in [5, 5.41) is 11.2. The highest BCUT2D eigenvalue weighted by Gasteiger charge is 2.12. The third kappa shape index (κ3) is 3.51. The van der Waals surface area contributed by atoms with Crippen molar-refractivity contribution >= 4 is 17.6 Å². The number of carbonyl (C=O) groups is 1. The fourth-order valence-corrected chi connectivity index (χ4v) is 2.77. The first-order valence-corrected chi connectivity index (χ1v) is 8.44. The van der Waals surface area contributed by atoms with Crippen molar-refractivity contribution in [2.45, 2.75) is 12.8 Å². The number of carbonyl (C=O) groups excluding carboxylic acids is 1. The molecule has 0 radical (unpaired) electrons. The lowest BCUT2D eigenvalue weighted by Crippen LogP contribution is -2.22. The number of hydrogen-bond donors (Lipinski definition) is 1. The van der Waals surface area contributed by atoms with Crippen molar-refractivity contribution in [2.24, 2.45) is 0 Å². The molecule has 132 valence electrons. The highest BCUT2D eigenvalue weighted by atomic mass is 16.7. The number of ether oxygens (including phenoxy) is 2. The molecule has 2 aromatic heterocycles.